The van der Waals surface area contributed by atoms with E-state index in [9.17, 15) is 0 Å². The third kappa shape index (κ3) is 7.62. The third-order valence-electron chi connectivity index (χ3n) is 15.0. The lowest BCUT2D eigenvalue weighted by atomic mass is 9.67. The number of anilines is 4. The first-order valence-electron chi connectivity index (χ1n) is 24.8. The van der Waals surface area contributed by atoms with Gasteiger partial charge in [-0.2, -0.15) is 0 Å². The van der Waals surface area contributed by atoms with E-state index in [-0.39, 0.29) is 17.6 Å². The average molecular weight is 935 g/mol. The Labute approximate surface area is 421 Å². The molecule has 348 valence electrons. The molecule has 4 heteroatoms. The lowest BCUT2D eigenvalue weighted by molar-refractivity contribution is 0.622. The average Bonchev–Trinajstić information content (AvgIpc) is 3.40. The molecule has 2 atom stereocenters. The van der Waals surface area contributed by atoms with Gasteiger partial charge in [-0.3, -0.25) is 0 Å². The lowest BCUT2D eigenvalue weighted by Crippen LogP contribution is -2.38. The summed E-state index contributed by atoms with van der Waals surface area (Å²) in [6, 6.07) is 60.9. The Bertz CT molecular complexity index is 3740. The molecule has 8 aromatic carbocycles. The first-order chi connectivity index (χ1) is 35.2. The molecule has 0 saturated carbocycles. The number of para-hydroxylation sites is 2. The summed E-state index contributed by atoms with van der Waals surface area (Å²) in [5.41, 5.74) is 22.5. The first-order valence-corrected chi connectivity index (χ1v) is 24.8. The molecule has 8 aromatic rings. The van der Waals surface area contributed by atoms with E-state index in [4.69, 9.17) is 0 Å². The van der Waals surface area contributed by atoms with E-state index in [2.05, 4.69) is 220 Å². The minimum absolute atomic E-state index is 0.179. The van der Waals surface area contributed by atoms with E-state index in [1.807, 2.05) is 24.3 Å². The van der Waals surface area contributed by atoms with Gasteiger partial charge in [0.05, 0.1) is 28.8 Å². The van der Waals surface area contributed by atoms with Crippen LogP contribution in [0, 0.1) is 45.2 Å². The molecule has 4 aliphatic carbocycles. The fourth-order valence-electron chi connectivity index (χ4n) is 11.4. The number of nitrogens with zero attached hydrogens (tertiary/aromatic N) is 2. The molecule has 0 heterocycles. The fourth-order valence-corrected chi connectivity index (χ4v) is 11.4. The van der Waals surface area contributed by atoms with Crippen molar-refractivity contribution in [2.75, 3.05) is 9.80 Å². The fraction of sp³-hybridized carbons (Fsp3) is 0.0882. The largest absolute Gasteiger partial charge is 0.327 e. The highest BCUT2D eigenvalue weighted by Crippen LogP contribution is 2.54. The van der Waals surface area contributed by atoms with Gasteiger partial charge in [0.25, 0.3) is 0 Å². The highest BCUT2D eigenvalue weighted by atomic mass is 19.1. The predicted octanol–water partition coefficient (Wildman–Crippen LogP) is 18.0. The monoisotopic (exact) mass is 934 g/mol. The molecule has 0 bridgehead atoms. The molecule has 72 heavy (non-hydrogen) atoms. The van der Waals surface area contributed by atoms with Gasteiger partial charge in [-0.25, -0.2) is 8.78 Å². The Morgan fingerprint density at radius 1 is 0.403 bits per heavy atom. The van der Waals surface area contributed by atoms with Crippen LogP contribution in [0.5, 0.6) is 0 Å². The topological polar surface area (TPSA) is 6.48 Å². The van der Waals surface area contributed by atoms with Crippen molar-refractivity contribution in [3.05, 3.63) is 298 Å². The highest BCUT2D eigenvalue weighted by Gasteiger charge is 2.41. The summed E-state index contributed by atoms with van der Waals surface area (Å²) in [7, 11) is 0. The van der Waals surface area contributed by atoms with Crippen molar-refractivity contribution in [2.45, 2.75) is 33.7 Å². The standard InChI is InChI=1S/C68H52F2N2/c1-43-17-5-9-21-51(43)49-33-39-63(57(41-49)53-23-11-7-19-45(53)3)71(65-27-15-13-25-59(65)69)61-37-31-47-30-36-56-62(38-32-48-29-35-55(61)67(47)68(48)56)72(66-28-16-14-26-60(66)70)64-40-34-50(52-22-10-6-18-44(52)2)42-58(64)54-24-12-8-20-46(54)4/h5-42,61,68H,1-4H3. The summed E-state index contributed by atoms with van der Waals surface area (Å²) >= 11 is 0. The van der Waals surface area contributed by atoms with Crippen molar-refractivity contribution in [3.8, 4) is 44.5 Å². The van der Waals surface area contributed by atoms with Crippen LogP contribution in [-0.2, 0) is 0 Å². The minimum atomic E-state index is -0.392. The van der Waals surface area contributed by atoms with Crippen molar-refractivity contribution in [1.29, 1.82) is 0 Å². The Morgan fingerprint density at radius 3 is 1.47 bits per heavy atom. The third-order valence-corrected chi connectivity index (χ3v) is 15.0. The zero-order valence-electron chi connectivity index (χ0n) is 40.7. The van der Waals surface area contributed by atoms with E-state index >= 15 is 8.78 Å². The van der Waals surface area contributed by atoms with Crippen LogP contribution in [0.1, 0.15) is 22.3 Å². The van der Waals surface area contributed by atoms with Crippen molar-refractivity contribution in [3.63, 3.8) is 0 Å². The molecular formula is C68H52F2N2. The zero-order valence-corrected chi connectivity index (χ0v) is 40.7. The number of hydrogen-bond donors (Lipinski definition) is 0. The Balaban J connectivity index is 1.04. The van der Waals surface area contributed by atoms with E-state index in [0.717, 1.165) is 101 Å². The Hall–Kier alpha value is -8.60. The zero-order chi connectivity index (χ0) is 49.0. The van der Waals surface area contributed by atoms with Crippen LogP contribution in [-0.4, -0.2) is 6.04 Å². The minimum Gasteiger partial charge on any atom is -0.327 e. The molecule has 0 amide bonds. The first kappa shape index (κ1) is 44.6. The van der Waals surface area contributed by atoms with Gasteiger partial charge in [0.15, 0.2) is 0 Å². The summed E-state index contributed by atoms with van der Waals surface area (Å²) in [6.45, 7) is 8.57. The summed E-state index contributed by atoms with van der Waals surface area (Å²) in [5.74, 6) is -0.800. The molecule has 2 unspecified atom stereocenters. The van der Waals surface area contributed by atoms with Gasteiger partial charge in [0, 0.05) is 22.7 Å². The van der Waals surface area contributed by atoms with Crippen LogP contribution in [0.4, 0.5) is 31.5 Å². The second kappa shape index (κ2) is 18.3. The number of rotatable bonds is 10. The van der Waals surface area contributed by atoms with Crippen LogP contribution >= 0.6 is 0 Å². The summed E-state index contributed by atoms with van der Waals surface area (Å²) in [6.07, 6.45) is 17.7. The highest BCUT2D eigenvalue weighted by molar-refractivity contribution is 5.92. The molecular weight excluding hydrogens is 883 g/mol. The number of allylic oxidation sites excluding steroid dienone is 10. The van der Waals surface area contributed by atoms with Crippen molar-refractivity contribution in [1.82, 2.24) is 0 Å². The summed E-state index contributed by atoms with van der Waals surface area (Å²) in [5, 5.41) is 0. The van der Waals surface area contributed by atoms with Crippen LogP contribution < -0.4 is 9.80 Å². The molecule has 0 aromatic heterocycles. The second-order valence-corrected chi connectivity index (χ2v) is 19.2. The summed E-state index contributed by atoms with van der Waals surface area (Å²) < 4.78 is 33.5. The maximum Gasteiger partial charge on any atom is 0.147 e. The lowest BCUT2D eigenvalue weighted by Gasteiger charge is -2.44. The van der Waals surface area contributed by atoms with Gasteiger partial charge in [0.2, 0.25) is 0 Å². The van der Waals surface area contributed by atoms with Crippen LogP contribution in [0.2, 0.25) is 0 Å². The van der Waals surface area contributed by atoms with Gasteiger partial charge in [-0.15, -0.1) is 0 Å². The normalized spacial score (nSPS) is 16.4. The number of halogens is 2. The molecule has 0 aliphatic heterocycles. The van der Waals surface area contributed by atoms with Gasteiger partial charge in [-0.05, 0) is 166 Å². The van der Waals surface area contributed by atoms with E-state index in [1.165, 1.54) is 11.1 Å². The molecule has 12 rings (SSSR count). The molecule has 0 radical (unpaired) electrons. The van der Waals surface area contributed by atoms with Crippen molar-refractivity contribution < 1.29 is 8.78 Å². The summed E-state index contributed by atoms with van der Waals surface area (Å²) in [4.78, 5) is 4.32. The van der Waals surface area contributed by atoms with E-state index in [1.54, 1.807) is 24.3 Å². The van der Waals surface area contributed by atoms with Gasteiger partial charge in [0.1, 0.15) is 11.6 Å². The number of benzene rings is 8. The van der Waals surface area contributed by atoms with Crippen molar-refractivity contribution in [2.24, 2.45) is 5.92 Å². The van der Waals surface area contributed by atoms with Gasteiger partial charge < -0.3 is 9.80 Å². The molecule has 0 fully saturated rings. The predicted molar refractivity (Wildman–Crippen MR) is 296 cm³/mol. The Morgan fingerprint density at radius 2 is 0.903 bits per heavy atom. The maximum absolute atomic E-state index is 16.8. The van der Waals surface area contributed by atoms with E-state index < -0.39 is 6.04 Å². The second-order valence-electron chi connectivity index (χ2n) is 19.2. The quantitative estimate of drug-likeness (QED) is 0.135. The Kier molecular flexibility index (Phi) is 11.3. The van der Waals surface area contributed by atoms with E-state index in [0.29, 0.717) is 11.4 Å². The molecule has 2 nitrogen and oxygen atoms in total. The number of hydrogen-bond acceptors (Lipinski definition) is 2. The number of aryl methyl sites for hydroxylation is 4. The smallest absolute Gasteiger partial charge is 0.147 e. The van der Waals surface area contributed by atoms with Crippen LogP contribution in [0.25, 0.3) is 44.5 Å². The molecule has 0 saturated heterocycles. The maximum atomic E-state index is 16.8. The van der Waals surface area contributed by atoms with Crippen LogP contribution in [0.3, 0.4) is 0 Å². The molecule has 0 spiro atoms. The molecule has 0 N–H and O–H groups in total. The SMILES string of the molecule is Cc1ccccc1-c1ccc(N(C2=C3C=CC4=C5C(=CC=C(C=C2)C35)C(N(c2ccccc2F)c2ccc(-c3ccccc3C)cc2-c2ccccc2C)C=C4)c2ccccc2F)c(-c2ccccc2C)c1. The van der Waals surface area contributed by atoms with Gasteiger partial charge in [-0.1, -0.05) is 176 Å². The van der Waals surface area contributed by atoms with Crippen molar-refractivity contribution >= 4 is 22.7 Å². The van der Waals surface area contributed by atoms with Gasteiger partial charge >= 0.3 is 0 Å². The van der Waals surface area contributed by atoms with Crippen LogP contribution in [0.15, 0.2) is 264 Å². The molecule has 4 aliphatic rings.